The Hall–Kier alpha value is -2.03. The molecule has 0 saturated carbocycles. The molecular formula is C16H24F2N4O3. The number of halogens is 2. The fourth-order valence-electron chi connectivity index (χ4n) is 2.66. The third-order valence-corrected chi connectivity index (χ3v) is 4.15. The van der Waals surface area contributed by atoms with E-state index in [9.17, 15) is 18.4 Å². The quantitative estimate of drug-likeness (QED) is 0.740. The number of carbonyl (C=O) groups is 1. The van der Waals surface area contributed by atoms with Crippen LogP contribution in [0.25, 0.3) is 0 Å². The van der Waals surface area contributed by atoms with Crippen LogP contribution in [0.15, 0.2) is 11.0 Å². The van der Waals surface area contributed by atoms with Crippen molar-refractivity contribution in [1.29, 1.82) is 0 Å². The van der Waals surface area contributed by atoms with E-state index in [1.165, 1.54) is 10.8 Å². The maximum Gasteiger partial charge on any atom is 0.326 e. The largest absolute Gasteiger partial charge is 0.465 e. The fraction of sp³-hybridized carbons (Fsp3) is 0.688. The molecule has 25 heavy (non-hydrogen) atoms. The lowest BCUT2D eigenvalue weighted by molar-refractivity contribution is -0.143. The average Bonchev–Trinajstić information content (AvgIpc) is 2.55. The molecule has 0 aliphatic carbocycles. The zero-order valence-corrected chi connectivity index (χ0v) is 14.6. The van der Waals surface area contributed by atoms with Gasteiger partial charge in [-0.1, -0.05) is 0 Å². The van der Waals surface area contributed by atoms with Crippen LogP contribution in [0.4, 0.5) is 14.6 Å². The molecule has 0 atom stereocenters. The number of carbonyl (C=O) groups excluding carboxylic acids is 1. The normalized spacial score (nSPS) is 17.3. The van der Waals surface area contributed by atoms with Crippen molar-refractivity contribution in [1.82, 2.24) is 14.5 Å². The first-order valence-electron chi connectivity index (χ1n) is 8.38. The van der Waals surface area contributed by atoms with Crippen molar-refractivity contribution in [2.75, 3.05) is 38.1 Å². The van der Waals surface area contributed by atoms with Gasteiger partial charge in [0.05, 0.1) is 6.61 Å². The molecule has 0 spiro atoms. The Bertz CT molecular complexity index is 653. The van der Waals surface area contributed by atoms with Crippen LogP contribution in [0.5, 0.6) is 0 Å². The fourth-order valence-corrected chi connectivity index (χ4v) is 2.66. The predicted molar refractivity (Wildman–Crippen MR) is 89.0 cm³/mol. The number of aromatic nitrogens is 2. The molecule has 2 rings (SSSR count). The van der Waals surface area contributed by atoms with E-state index in [-0.39, 0.29) is 31.8 Å². The van der Waals surface area contributed by atoms with Gasteiger partial charge in [0.15, 0.2) is 5.82 Å². The molecular weight excluding hydrogens is 334 g/mol. The number of nitrogens with zero attached hydrogens (tertiary/aromatic N) is 3. The molecule has 0 unspecified atom stereocenters. The lowest BCUT2D eigenvalue weighted by Crippen LogP contribution is -2.41. The number of aryl methyl sites for hydroxylation is 1. The molecule has 2 heterocycles. The molecule has 7 nitrogen and oxygen atoms in total. The van der Waals surface area contributed by atoms with Crippen molar-refractivity contribution >= 4 is 11.8 Å². The van der Waals surface area contributed by atoms with Crippen molar-refractivity contribution in [3.05, 3.63) is 22.2 Å². The Balaban J connectivity index is 1.92. The van der Waals surface area contributed by atoms with Crippen LogP contribution in [0, 0.1) is 6.92 Å². The molecule has 1 aliphatic rings. The van der Waals surface area contributed by atoms with Gasteiger partial charge in [-0.2, -0.15) is 0 Å². The number of hydrogen-bond acceptors (Lipinski definition) is 6. The summed E-state index contributed by atoms with van der Waals surface area (Å²) < 4.78 is 32.4. The van der Waals surface area contributed by atoms with Gasteiger partial charge >= 0.3 is 5.97 Å². The number of piperidine rings is 1. The molecule has 1 aliphatic heterocycles. The standard InChI is InChI=1S/C16H24F2N4O3/c1-3-25-13(23)11-22-12(2)10-20-14(15(22)24)19-6-9-21-7-4-16(17,18)5-8-21/h10H,3-9,11H2,1-2H3,(H,19,20). The van der Waals surface area contributed by atoms with E-state index in [0.29, 0.717) is 31.9 Å². The second-order valence-electron chi connectivity index (χ2n) is 6.07. The third kappa shape index (κ3) is 5.48. The minimum atomic E-state index is -2.57. The summed E-state index contributed by atoms with van der Waals surface area (Å²) in [6.45, 7) is 5.09. The van der Waals surface area contributed by atoms with Crippen LogP contribution < -0.4 is 10.9 Å². The van der Waals surface area contributed by atoms with Crippen LogP contribution in [0.1, 0.15) is 25.5 Å². The van der Waals surface area contributed by atoms with Gasteiger partial charge in [0.2, 0.25) is 0 Å². The van der Waals surface area contributed by atoms with E-state index in [1.54, 1.807) is 13.8 Å². The van der Waals surface area contributed by atoms with Gasteiger partial charge in [0.1, 0.15) is 6.54 Å². The van der Waals surface area contributed by atoms with Crippen LogP contribution in [-0.4, -0.2) is 59.1 Å². The van der Waals surface area contributed by atoms with Crippen molar-refractivity contribution in [3.8, 4) is 0 Å². The number of nitrogens with one attached hydrogen (secondary N) is 1. The Morgan fingerprint density at radius 1 is 1.40 bits per heavy atom. The van der Waals surface area contributed by atoms with Gasteiger partial charge in [0.25, 0.3) is 11.5 Å². The van der Waals surface area contributed by atoms with Crippen molar-refractivity contribution in [2.45, 2.75) is 39.2 Å². The number of rotatable bonds is 7. The van der Waals surface area contributed by atoms with E-state index >= 15 is 0 Å². The summed E-state index contributed by atoms with van der Waals surface area (Å²) in [6.07, 6.45) is 1.23. The second-order valence-corrected chi connectivity index (χ2v) is 6.07. The first-order chi connectivity index (χ1) is 11.8. The Morgan fingerprint density at radius 2 is 2.08 bits per heavy atom. The number of esters is 1. The first-order valence-corrected chi connectivity index (χ1v) is 8.38. The molecule has 0 radical (unpaired) electrons. The van der Waals surface area contributed by atoms with Gasteiger partial charge in [-0.05, 0) is 13.8 Å². The van der Waals surface area contributed by atoms with Crippen LogP contribution in [-0.2, 0) is 16.1 Å². The highest BCUT2D eigenvalue weighted by Crippen LogP contribution is 2.27. The molecule has 140 valence electrons. The second kappa shape index (κ2) is 8.37. The Morgan fingerprint density at radius 3 is 2.72 bits per heavy atom. The lowest BCUT2D eigenvalue weighted by atomic mass is 10.1. The molecule has 1 N–H and O–H groups in total. The molecule has 0 amide bonds. The molecule has 0 bridgehead atoms. The maximum atomic E-state index is 13.1. The van der Waals surface area contributed by atoms with Crippen LogP contribution >= 0.6 is 0 Å². The van der Waals surface area contributed by atoms with Crippen LogP contribution in [0.3, 0.4) is 0 Å². The molecule has 0 aromatic carbocycles. The summed E-state index contributed by atoms with van der Waals surface area (Å²) in [6, 6.07) is 0. The maximum absolute atomic E-state index is 13.1. The topological polar surface area (TPSA) is 76.5 Å². The van der Waals surface area contributed by atoms with E-state index in [0.717, 1.165) is 0 Å². The number of alkyl halides is 2. The van der Waals surface area contributed by atoms with Crippen LogP contribution in [0.2, 0.25) is 0 Å². The monoisotopic (exact) mass is 358 g/mol. The summed E-state index contributed by atoms with van der Waals surface area (Å²) in [7, 11) is 0. The lowest BCUT2D eigenvalue weighted by Gasteiger charge is -2.31. The Kier molecular flexibility index (Phi) is 6.46. The minimum Gasteiger partial charge on any atom is -0.465 e. The molecule has 1 aromatic heterocycles. The highest BCUT2D eigenvalue weighted by atomic mass is 19.3. The highest BCUT2D eigenvalue weighted by Gasteiger charge is 2.33. The molecule has 1 fully saturated rings. The van der Waals surface area contributed by atoms with Crippen molar-refractivity contribution in [2.24, 2.45) is 0 Å². The smallest absolute Gasteiger partial charge is 0.326 e. The molecule has 1 aromatic rings. The molecule has 9 heteroatoms. The zero-order valence-electron chi connectivity index (χ0n) is 14.6. The van der Waals surface area contributed by atoms with E-state index in [2.05, 4.69) is 10.3 Å². The number of ether oxygens (including phenoxy) is 1. The highest BCUT2D eigenvalue weighted by molar-refractivity contribution is 5.69. The SMILES string of the molecule is CCOC(=O)Cn1c(C)cnc(NCCN2CCC(F)(F)CC2)c1=O. The van der Waals surface area contributed by atoms with Gasteiger partial charge in [-0.25, -0.2) is 13.8 Å². The summed E-state index contributed by atoms with van der Waals surface area (Å²) >= 11 is 0. The Labute approximate surface area is 145 Å². The van der Waals surface area contributed by atoms with Gasteiger partial charge < -0.3 is 15.0 Å². The first kappa shape index (κ1) is 19.3. The van der Waals surface area contributed by atoms with E-state index < -0.39 is 17.5 Å². The number of hydrogen-bond donors (Lipinski definition) is 1. The summed E-state index contributed by atoms with van der Waals surface area (Å²) in [5, 5.41) is 2.93. The predicted octanol–water partition coefficient (Wildman–Crippen LogP) is 1.26. The number of likely N-dealkylation sites (tertiary alicyclic amines) is 1. The zero-order chi connectivity index (χ0) is 18.4. The summed E-state index contributed by atoms with van der Waals surface area (Å²) in [4.78, 5) is 30.0. The van der Waals surface area contributed by atoms with Crippen molar-refractivity contribution in [3.63, 3.8) is 0 Å². The van der Waals surface area contributed by atoms with E-state index in [1.807, 2.05) is 4.90 Å². The van der Waals surface area contributed by atoms with Gasteiger partial charge in [-0.15, -0.1) is 0 Å². The molecule has 1 saturated heterocycles. The van der Waals surface area contributed by atoms with E-state index in [4.69, 9.17) is 4.74 Å². The van der Waals surface area contributed by atoms with Gasteiger partial charge in [0, 0.05) is 50.9 Å². The minimum absolute atomic E-state index is 0.136. The average molecular weight is 358 g/mol. The van der Waals surface area contributed by atoms with Crippen molar-refractivity contribution < 1.29 is 18.3 Å². The summed E-state index contributed by atoms with van der Waals surface area (Å²) in [5.41, 5.74) is 0.153. The summed E-state index contributed by atoms with van der Waals surface area (Å²) in [5.74, 6) is -2.92. The van der Waals surface area contributed by atoms with Gasteiger partial charge in [-0.3, -0.25) is 14.2 Å². The number of anilines is 1. The third-order valence-electron chi connectivity index (χ3n) is 4.15.